The lowest BCUT2D eigenvalue weighted by Gasteiger charge is -2.02. The van der Waals surface area contributed by atoms with Gasteiger partial charge in [-0.1, -0.05) is 12.2 Å². The van der Waals surface area contributed by atoms with Crippen LogP contribution in [-0.4, -0.2) is 19.0 Å². The molecule has 0 atom stereocenters. The van der Waals surface area contributed by atoms with Crippen molar-refractivity contribution in [2.24, 2.45) is 15.9 Å². The quantitative estimate of drug-likeness (QED) is 0.633. The molecule has 0 bridgehead atoms. The second-order valence-corrected chi connectivity index (χ2v) is 3.52. The largest absolute Gasteiger partial charge is 0.286 e. The molecule has 0 unspecified atom stereocenters. The highest BCUT2D eigenvalue weighted by molar-refractivity contribution is 6.12. The van der Waals surface area contributed by atoms with Gasteiger partial charge in [0.2, 0.25) is 0 Å². The van der Waals surface area contributed by atoms with Crippen LogP contribution < -0.4 is 0 Å². The lowest BCUT2D eigenvalue weighted by molar-refractivity contribution is 1.12. The molecule has 2 rings (SSSR count). The third kappa shape index (κ3) is 2.28. The number of hydrogen-bond acceptors (Lipinski definition) is 2. The lowest BCUT2D eigenvalue weighted by Crippen LogP contribution is -2.00. The smallest absolute Gasteiger partial charge is 0.0881 e. The fourth-order valence-electron chi connectivity index (χ4n) is 1.32. The van der Waals surface area contributed by atoms with Crippen molar-refractivity contribution in [2.45, 2.75) is 12.8 Å². The molecule has 1 heterocycles. The van der Waals surface area contributed by atoms with Crippen molar-refractivity contribution in [3.05, 3.63) is 36.1 Å². The van der Waals surface area contributed by atoms with Crippen LogP contribution >= 0.6 is 0 Å². The van der Waals surface area contributed by atoms with E-state index >= 15 is 0 Å². The first-order valence-corrected chi connectivity index (χ1v) is 4.96. The van der Waals surface area contributed by atoms with Gasteiger partial charge in [-0.3, -0.25) is 9.98 Å². The predicted molar refractivity (Wildman–Crippen MR) is 60.9 cm³/mol. The van der Waals surface area contributed by atoms with Crippen LogP contribution in [0.3, 0.4) is 0 Å². The van der Waals surface area contributed by atoms with Crippen LogP contribution in [0.15, 0.2) is 46.1 Å². The summed E-state index contributed by atoms with van der Waals surface area (Å²) < 4.78 is 0. The van der Waals surface area contributed by atoms with Crippen molar-refractivity contribution in [3.63, 3.8) is 0 Å². The summed E-state index contributed by atoms with van der Waals surface area (Å²) in [5, 5.41) is 0. The summed E-state index contributed by atoms with van der Waals surface area (Å²) in [7, 11) is 1.79. The molecule has 0 radical (unpaired) electrons. The number of dihydropyridines is 1. The van der Waals surface area contributed by atoms with Gasteiger partial charge in [0.05, 0.1) is 11.4 Å². The molecule has 0 aromatic carbocycles. The van der Waals surface area contributed by atoms with Crippen molar-refractivity contribution < 1.29 is 0 Å². The summed E-state index contributed by atoms with van der Waals surface area (Å²) >= 11 is 0. The molecule has 0 aromatic rings. The first kappa shape index (κ1) is 9.13. The van der Waals surface area contributed by atoms with Gasteiger partial charge in [-0.15, -0.1) is 0 Å². The number of hydrogen-bond donors (Lipinski definition) is 0. The minimum atomic E-state index is 0.817. The van der Waals surface area contributed by atoms with Gasteiger partial charge in [0.1, 0.15) is 0 Å². The van der Waals surface area contributed by atoms with E-state index in [4.69, 9.17) is 0 Å². The fourth-order valence-corrected chi connectivity index (χ4v) is 1.32. The van der Waals surface area contributed by atoms with E-state index in [9.17, 15) is 0 Å². The molecular formula is C12H14N2. The van der Waals surface area contributed by atoms with Crippen LogP contribution in [0.2, 0.25) is 0 Å². The summed E-state index contributed by atoms with van der Waals surface area (Å²) in [6.07, 6.45) is 14.7. The minimum Gasteiger partial charge on any atom is -0.286 e. The SMILES string of the molecule is C/N=C1/C=CC=N/C1=C/C=C/C1CC1. The maximum absolute atomic E-state index is 4.27. The van der Waals surface area contributed by atoms with Crippen molar-refractivity contribution in [3.8, 4) is 0 Å². The van der Waals surface area contributed by atoms with E-state index in [-0.39, 0.29) is 0 Å². The Labute approximate surface area is 84.5 Å². The number of aliphatic imine (C=N–C) groups is 2. The number of allylic oxidation sites excluding steroid dienone is 5. The van der Waals surface area contributed by atoms with E-state index in [0.717, 1.165) is 17.3 Å². The first-order valence-electron chi connectivity index (χ1n) is 4.96. The summed E-state index contributed by atoms with van der Waals surface area (Å²) in [5.74, 6) is 0.817. The Bertz CT molecular complexity index is 353. The Morgan fingerprint density at radius 1 is 1.50 bits per heavy atom. The van der Waals surface area contributed by atoms with Gasteiger partial charge in [-0.25, -0.2) is 0 Å². The maximum atomic E-state index is 4.27. The second kappa shape index (κ2) is 4.18. The highest BCUT2D eigenvalue weighted by atomic mass is 14.8. The van der Waals surface area contributed by atoms with Gasteiger partial charge in [0.15, 0.2) is 0 Å². The van der Waals surface area contributed by atoms with Crippen LogP contribution in [0.25, 0.3) is 0 Å². The topological polar surface area (TPSA) is 24.7 Å². The van der Waals surface area contributed by atoms with Crippen LogP contribution in [-0.2, 0) is 0 Å². The van der Waals surface area contributed by atoms with E-state index < -0.39 is 0 Å². The Balaban J connectivity index is 2.07. The van der Waals surface area contributed by atoms with Crippen LogP contribution in [0.5, 0.6) is 0 Å². The zero-order chi connectivity index (χ0) is 9.80. The van der Waals surface area contributed by atoms with Crippen molar-refractivity contribution in [1.82, 2.24) is 0 Å². The molecule has 0 N–H and O–H groups in total. The molecule has 14 heavy (non-hydrogen) atoms. The molecule has 1 saturated carbocycles. The maximum Gasteiger partial charge on any atom is 0.0881 e. The standard InChI is InChI=1S/C12H14N2/c1-13-11-6-3-9-14-12(11)5-2-4-10-7-8-10/h2-6,9-10H,7-8H2,1H3/b4-2+,12-5+,13-11-. The second-order valence-electron chi connectivity index (χ2n) is 3.52. The van der Waals surface area contributed by atoms with E-state index in [1.54, 1.807) is 13.3 Å². The first-order chi connectivity index (χ1) is 6.90. The summed E-state index contributed by atoms with van der Waals surface area (Å²) in [6.45, 7) is 0. The third-order valence-electron chi connectivity index (χ3n) is 2.32. The Hall–Kier alpha value is -1.44. The summed E-state index contributed by atoms with van der Waals surface area (Å²) in [6, 6.07) is 0. The Kier molecular flexibility index (Phi) is 2.73. The van der Waals surface area contributed by atoms with Crippen molar-refractivity contribution >= 4 is 11.9 Å². The number of rotatable bonds is 2. The minimum absolute atomic E-state index is 0.817. The zero-order valence-corrected chi connectivity index (χ0v) is 8.35. The summed E-state index contributed by atoms with van der Waals surface area (Å²) in [5.41, 5.74) is 1.90. The molecule has 1 fully saturated rings. The van der Waals surface area contributed by atoms with E-state index in [1.807, 2.05) is 18.2 Å². The highest BCUT2D eigenvalue weighted by Gasteiger charge is 2.16. The molecule has 2 aliphatic rings. The van der Waals surface area contributed by atoms with Gasteiger partial charge in [-0.05, 0) is 37.0 Å². The fraction of sp³-hybridized carbons (Fsp3) is 0.333. The monoisotopic (exact) mass is 186 g/mol. The van der Waals surface area contributed by atoms with Gasteiger partial charge in [0, 0.05) is 13.3 Å². The van der Waals surface area contributed by atoms with E-state index in [2.05, 4.69) is 22.1 Å². The van der Waals surface area contributed by atoms with Gasteiger partial charge < -0.3 is 0 Å². The molecule has 1 aliphatic carbocycles. The van der Waals surface area contributed by atoms with Crippen molar-refractivity contribution in [2.75, 3.05) is 7.05 Å². The van der Waals surface area contributed by atoms with Crippen LogP contribution in [0.1, 0.15) is 12.8 Å². The van der Waals surface area contributed by atoms with E-state index in [1.165, 1.54) is 12.8 Å². The molecule has 72 valence electrons. The molecular weight excluding hydrogens is 172 g/mol. The van der Waals surface area contributed by atoms with Crippen LogP contribution in [0, 0.1) is 5.92 Å². The number of nitrogens with zero attached hydrogens (tertiary/aromatic N) is 2. The molecule has 0 spiro atoms. The Morgan fingerprint density at radius 3 is 3.07 bits per heavy atom. The molecule has 0 saturated heterocycles. The van der Waals surface area contributed by atoms with Gasteiger partial charge in [-0.2, -0.15) is 0 Å². The zero-order valence-electron chi connectivity index (χ0n) is 8.35. The molecule has 1 aliphatic heterocycles. The average Bonchev–Trinajstić information content (AvgIpc) is 3.03. The third-order valence-corrected chi connectivity index (χ3v) is 2.32. The average molecular weight is 186 g/mol. The lowest BCUT2D eigenvalue weighted by atomic mass is 10.2. The van der Waals surface area contributed by atoms with E-state index in [0.29, 0.717) is 0 Å². The van der Waals surface area contributed by atoms with Gasteiger partial charge in [0.25, 0.3) is 0 Å². The predicted octanol–water partition coefficient (Wildman–Crippen LogP) is 2.55. The Morgan fingerprint density at radius 2 is 2.36 bits per heavy atom. The molecule has 0 aromatic heterocycles. The van der Waals surface area contributed by atoms with Crippen LogP contribution in [0.4, 0.5) is 0 Å². The van der Waals surface area contributed by atoms with Gasteiger partial charge >= 0.3 is 0 Å². The molecule has 2 heteroatoms. The molecule has 2 nitrogen and oxygen atoms in total. The van der Waals surface area contributed by atoms with Crippen molar-refractivity contribution in [1.29, 1.82) is 0 Å². The normalized spacial score (nSPS) is 26.9. The molecule has 0 amide bonds. The highest BCUT2D eigenvalue weighted by Crippen LogP contribution is 2.30. The summed E-state index contributed by atoms with van der Waals surface area (Å²) in [4.78, 5) is 8.42.